The summed E-state index contributed by atoms with van der Waals surface area (Å²) in [5.74, 6) is 0.0403. The van der Waals surface area contributed by atoms with Gasteiger partial charge in [-0.25, -0.2) is 4.39 Å². The fourth-order valence-corrected chi connectivity index (χ4v) is 1.97. The van der Waals surface area contributed by atoms with E-state index in [0.29, 0.717) is 17.9 Å². The molecule has 0 amide bonds. The highest BCUT2D eigenvalue weighted by Crippen LogP contribution is 2.51. The zero-order chi connectivity index (χ0) is 12.6. The van der Waals surface area contributed by atoms with E-state index >= 15 is 0 Å². The first-order valence-electron chi connectivity index (χ1n) is 5.58. The zero-order valence-electron chi connectivity index (χ0n) is 9.87. The molecule has 5 heteroatoms. The molecule has 1 atom stereocenters. The first-order valence-corrected chi connectivity index (χ1v) is 5.58. The number of rotatable bonds is 4. The highest BCUT2D eigenvalue weighted by Gasteiger charge is 2.45. The highest BCUT2D eigenvalue weighted by molar-refractivity contribution is 5.61. The van der Waals surface area contributed by atoms with Crippen molar-refractivity contribution in [2.45, 2.75) is 20.3 Å². The lowest BCUT2D eigenvalue weighted by atomic mass is 10.1. The topological polar surface area (TPSA) is 55.2 Å². The van der Waals surface area contributed by atoms with Crippen molar-refractivity contribution >= 4 is 11.4 Å². The highest BCUT2D eigenvalue weighted by atomic mass is 19.1. The van der Waals surface area contributed by atoms with Crippen LogP contribution in [-0.4, -0.2) is 11.5 Å². The van der Waals surface area contributed by atoms with Crippen molar-refractivity contribution in [3.63, 3.8) is 0 Å². The summed E-state index contributed by atoms with van der Waals surface area (Å²) in [6.07, 6.45) is 1.10. The Morgan fingerprint density at radius 3 is 2.76 bits per heavy atom. The van der Waals surface area contributed by atoms with Crippen molar-refractivity contribution < 1.29 is 9.31 Å². The summed E-state index contributed by atoms with van der Waals surface area (Å²) in [6, 6.07) is 3.47. The maximum atomic E-state index is 13.0. The van der Waals surface area contributed by atoms with Crippen molar-refractivity contribution in [2.24, 2.45) is 11.3 Å². The molecule has 0 aromatic heterocycles. The van der Waals surface area contributed by atoms with Gasteiger partial charge in [-0.05, 0) is 23.8 Å². The van der Waals surface area contributed by atoms with Gasteiger partial charge in [0.05, 0.1) is 4.92 Å². The number of anilines is 1. The van der Waals surface area contributed by atoms with Gasteiger partial charge in [-0.3, -0.25) is 10.1 Å². The van der Waals surface area contributed by atoms with E-state index < -0.39 is 10.7 Å². The van der Waals surface area contributed by atoms with E-state index in [0.717, 1.165) is 12.5 Å². The molecular weight excluding hydrogens is 223 g/mol. The van der Waals surface area contributed by atoms with Gasteiger partial charge >= 0.3 is 0 Å². The lowest BCUT2D eigenvalue weighted by Gasteiger charge is -2.08. The smallest absolute Gasteiger partial charge is 0.292 e. The zero-order valence-corrected chi connectivity index (χ0v) is 9.87. The molecule has 0 spiro atoms. The van der Waals surface area contributed by atoms with Crippen molar-refractivity contribution in [3.05, 3.63) is 34.1 Å². The third kappa shape index (κ3) is 2.54. The van der Waals surface area contributed by atoms with Crippen LogP contribution in [0.2, 0.25) is 0 Å². The van der Waals surface area contributed by atoms with Crippen molar-refractivity contribution in [3.8, 4) is 0 Å². The molecule has 1 aromatic rings. The van der Waals surface area contributed by atoms with E-state index in [1.54, 1.807) is 0 Å². The van der Waals surface area contributed by atoms with Crippen LogP contribution >= 0.6 is 0 Å². The van der Waals surface area contributed by atoms with Gasteiger partial charge in [0, 0.05) is 18.7 Å². The molecule has 2 rings (SSSR count). The Bertz CT molecular complexity index is 460. The van der Waals surface area contributed by atoms with Crippen LogP contribution < -0.4 is 5.32 Å². The van der Waals surface area contributed by atoms with E-state index in [1.165, 1.54) is 12.1 Å². The number of benzene rings is 1. The molecule has 1 aliphatic carbocycles. The molecule has 1 aromatic carbocycles. The first kappa shape index (κ1) is 11.8. The van der Waals surface area contributed by atoms with E-state index in [4.69, 9.17) is 0 Å². The summed E-state index contributed by atoms with van der Waals surface area (Å²) in [5.41, 5.74) is 0.484. The molecule has 1 fully saturated rings. The minimum atomic E-state index is -0.500. The molecule has 92 valence electrons. The lowest BCUT2D eigenvalue weighted by Crippen LogP contribution is -2.09. The molecule has 1 saturated carbocycles. The molecule has 0 radical (unpaired) electrons. The van der Waals surface area contributed by atoms with Gasteiger partial charge in [0.15, 0.2) is 0 Å². The Labute approximate surface area is 99.0 Å². The molecule has 1 N–H and O–H groups in total. The number of hydrogen-bond acceptors (Lipinski definition) is 3. The fourth-order valence-electron chi connectivity index (χ4n) is 1.97. The van der Waals surface area contributed by atoms with Crippen LogP contribution in [-0.2, 0) is 0 Å². The third-order valence-corrected chi connectivity index (χ3v) is 3.41. The standard InChI is InChI=1S/C12H15FN2O2/c1-12(2)6-8(12)7-14-10-5-9(13)3-4-11(10)15(16)17/h3-5,8,14H,6-7H2,1-2H3. The SMILES string of the molecule is CC1(C)CC1CNc1cc(F)ccc1[N+](=O)[O-]. The van der Waals surface area contributed by atoms with Crippen LogP contribution in [0.25, 0.3) is 0 Å². The minimum absolute atomic E-state index is 0.0788. The van der Waals surface area contributed by atoms with Crippen LogP contribution in [0, 0.1) is 27.3 Å². The Kier molecular flexibility index (Phi) is 2.77. The summed E-state index contributed by atoms with van der Waals surface area (Å²) < 4.78 is 13.0. The second kappa shape index (κ2) is 3.98. The number of nitro groups is 1. The van der Waals surface area contributed by atoms with E-state index in [1.807, 2.05) is 0 Å². The molecule has 0 heterocycles. The summed E-state index contributed by atoms with van der Waals surface area (Å²) >= 11 is 0. The molecular formula is C12H15FN2O2. The van der Waals surface area contributed by atoms with Crippen molar-refractivity contribution in [1.29, 1.82) is 0 Å². The normalized spacial score (nSPS) is 21.0. The quantitative estimate of drug-likeness (QED) is 0.647. The number of nitro benzene ring substituents is 1. The van der Waals surface area contributed by atoms with Gasteiger partial charge in [0.25, 0.3) is 5.69 Å². The maximum absolute atomic E-state index is 13.0. The summed E-state index contributed by atoms with van der Waals surface area (Å²) in [4.78, 5) is 10.3. The van der Waals surface area contributed by atoms with Crippen molar-refractivity contribution in [1.82, 2.24) is 0 Å². The molecule has 17 heavy (non-hydrogen) atoms. The second-order valence-electron chi connectivity index (χ2n) is 5.19. The molecule has 1 unspecified atom stereocenters. The Morgan fingerprint density at radius 2 is 2.24 bits per heavy atom. The molecule has 0 bridgehead atoms. The summed E-state index contributed by atoms with van der Waals surface area (Å²) in [5, 5.41) is 13.7. The number of nitrogens with one attached hydrogen (secondary N) is 1. The largest absolute Gasteiger partial charge is 0.379 e. The Balaban J connectivity index is 2.09. The molecule has 4 nitrogen and oxygen atoms in total. The van der Waals surface area contributed by atoms with Crippen LogP contribution in [0.4, 0.5) is 15.8 Å². The maximum Gasteiger partial charge on any atom is 0.292 e. The van der Waals surface area contributed by atoms with Gasteiger partial charge in [-0.15, -0.1) is 0 Å². The van der Waals surface area contributed by atoms with Gasteiger partial charge in [0.2, 0.25) is 0 Å². The average molecular weight is 238 g/mol. The van der Waals surface area contributed by atoms with E-state index in [9.17, 15) is 14.5 Å². The molecule has 0 aliphatic heterocycles. The number of nitrogens with zero attached hydrogens (tertiary/aromatic N) is 1. The van der Waals surface area contributed by atoms with Gasteiger partial charge in [-0.2, -0.15) is 0 Å². The molecule has 0 saturated heterocycles. The number of hydrogen-bond donors (Lipinski definition) is 1. The first-order chi connectivity index (χ1) is 7.90. The van der Waals surface area contributed by atoms with Crippen LogP contribution in [0.3, 0.4) is 0 Å². The predicted molar refractivity (Wildman–Crippen MR) is 63.4 cm³/mol. The van der Waals surface area contributed by atoms with Gasteiger partial charge < -0.3 is 5.32 Å². The Morgan fingerprint density at radius 1 is 1.59 bits per heavy atom. The van der Waals surface area contributed by atoms with Gasteiger partial charge in [-0.1, -0.05) is 13.8 Å². The average Bonchev–Trinajstić information content (AvgIpc) is 2.83. The minimum Gasteiger partial charge on any atom is -0.379 e. The molecule has 1 aliphatic rings. The Hall–Kier alpha value is -1.65. The number of halogens is 1. The van der Waals surface area contributed by atoms with E-state index in [2.05, 4.69) is 19.2 Å². The van der Waals surface area contributed by atoms with Crippen LogP contribution in [0.1, 0.15) is 20.3 Å². The fraction of sp³-hybridized carbons (Fsp3) is 0.500. The van der Waals surface area contributed by atoms with Crippen LogP contribution in [0.15, 0.2) is 18.2 Å². The lowest BCUT2D eigenvalue weighted by molar-refractivity contribution is -0.384. The van der Waals surface area contributed by atoms with Crippen LogP contribution in [0.5, 0.6) is 0 Å². The van der Waals surface area contributed by atoms with Gasteiger partial charge in [0.1, 0.15) is 11.5 Å². The predicted octanol–water partition coefficient (Wildman–Crippen LogP) is 3.19. The van der Waals surface area contributed by atoms with Crippen molar-refractivity contribution in [2.75, 3.05) is 11.9 Å². The third-order valence-electron chi connectivity index (χ3n) is 3.41. The second-order valence-corrected chi connectivity index (χ2v) is 5.19. The summed E-state index contributed by atoms with van der Waals surface area (Å²) in [6.45, 7) is 4.95. The summed E-state index contributed by atoms with van der Waals surface area (Å²) in [7, 11) is 0. The monoisotopic (exact) mass is 238 g/mol. The van der Waals surface area contributed by atoms with E-state index in [-0.39, 0.29) is 11.4 Å².